The molecule has 6 unspecified atom stereocenters. The molecule has 3 aliphatic rings. The summed E-state index contributed by atoms with van der Waals surface area (Å²) in [5.41, 5.74) is 3.56. The molecule has 3 N–H and O–H groups in total. The highest BCUT2D eigenvalue weighted by atomic mass is 16.7. The number of hydrogen-bond donors (Lipinski definition) is 3. The SMILES string of the molecule is C=CCOC12Oc3ccc(Oc4ccc5ccccc5c4)cc3C3C(CCCCO)C(CCCCO)C=C(C(=NOCc4ccc([N+](=O)[O-])cc4)CC1N(CCOCCO)C(=O)c1ccc(C#N)cc1)C32. The maximum Gasteiger partial charge on any atom is 0.269 e. The van der Waals surface area contributed by atoms with Gasteiger partial charge in [0.2, 0.25) is 5.79 Å². The molecule has 5 aromatic rings. The van der Waals surface area contributed by atoms with Crippen molar-refractivity contribution in [3.8, 4) is 23.3 Å². The first-order valence-corrected chi connectivity index (χ1v) is 24.3. The summed E-state index contributed by atoms with van der Waals surface area (Å²) in [4.78, 5) is 34.1. The van der Waals surface area contributed by atoms with Crippen LogP contribution in [-0.2, 0) is 20.9 Å². The summed E-state index contributed by atoms with van der Waals surface area (Å²) in [6, 6.07) is 33.5. The molecule has 370 valence electrons. The number of rotatable bonds is 24. The monoisotopic (exact) mass is 964 g/mol. The normalized spacial score (nSPS) is 21.5. The minimum absolute atomic E-state index is 0.00690. The Labute approximate surface area is 413 Å². The van der Waals surface area contributed by atoms with Gasteiger partial charge in [0, 0.05) is 55.4 Å². The number of carbonyl (C=O) groups is 1. The molecule has 2 aliphatic carbocycles. The van der Waals surface area contributed by atoms with Crippen molar-refractivity contribution in [3.05, 3.63) is 166 Å². The first kappa shape index (κ1) is 50.5. The number of nitriles is 1. The highest BCUT2D eigenvalue weighted by Crippen LogP contribution is 2.62. The standard InChI is InChI=1S/C56H60N4O11/c1-2-29-68-56-52(59(25-30-67-31-28-63)55(64)41-17-13-38(36-57)14-18-41)35-50(58-69-37-39-15-20-44(21-16-39)60(65)66)48-33-43(11-5-7-26-61)47(12-6-8-27-62)53(54(48)56)49-34-46(23-24-51(49)71-56)70-45-22-19-40-9-3-4-10-42(40)32-45/h2-4,9-10,13-24,32-34,43,47,52-54,61-63H,1,5-8,11-12,25-31,35,37H2. The maximum absolute atomic E-state index is 15.2. The first-order valence-electron chi connectivity index (χ1n) is 24.3. The molecule has 1 aliphatic heterocycles. The number of oxime groups is 1. The second-order valence-corrected chi connectivity index (χ2v) is 18.1. The minimum Gasteiger partial charge on any atom is -0.459 e. The smallest absolute Gasteiger partial charge is 0.269 e. The van der Waals surface area contributed by atoms with E-state index in [0.29, 0.717) is 52.5 Å². The molecule has 0 radical (unpaired) electrons. The quantitative estimate of drug-likeness (QED) is 0.0229. The average Bonchev–Trinajstić information content (AvgIpc) is 3.39. The maximum atomic E-state index is 15.2. The summed E-state index contributed by atoms with van der Waals surface area (Å²) in [5, 5.41) is 57.9. The zero-order valence-electron chi connectivity index (χ0n) is 39.6. The molecule has 5 aromatic carbocycles. The molecule has 0 saturated heterocycles. The van der Waals surface area contributed by atoms with E-state index in [2.05, 4.69) is 24.8 Å². The van der Waals surface area contributed by atoms with Crippen LogP contribution in [0.15, 0.2) is 139 Å². The average molecular weight is 965 g/mol. The summed E-state index contributed by atoms with van der Waals surface area (Å²) < 4.78 is 27.1. The van der Waals surface area contributed by atoms with E-state index < -0.39 is 22.7 Å². The zero-order chi connectivity index (χ0) is 49.7. The third kappa shape index (κ3) is 11.3. The molecule has 71 heavy (non-hydrogen) atoms. The Balaban J connectivity index is 1.32. The fraction of sp³-hybridized carbons (Fsp3) is 0.375. The van der Waals surface area contributed by atoms with Gasteiger partial charge in [-0.1, -0.05) is 60.5 Å². The van der Waals surface area contributed by atoms with Gasteiger partial charge < -0.3 is 44.0 Å². The molecule has 6 atom stereocenters. The van der Waals surface area contributed by atoms with E-state index in [1.807, 2.05) is 54.6 Å². The van der Waals surface area contributed by atoms with Crippen LogP contribution < -0.4 is 9.47 Å². The summed E-state index contributed by atoms with van der Waals surface area (Å²) in [6.45, 7) is 4.08. The molecule has 1 amide bonds. The van der Waals surface area contributed by atoms with Crippen LogP contribution in [0.4, 0.5) is 5.69 Å². The Morgan fingerprint density at radius 2 is 1.63 bits per heavy atom. The fourth-order valence-corrected chi connectivity index (χ4v) is 10.6. The van der Waals surface area contributed by atoms with E-state index >= 15 is 4.79 Å². The molecular formula is C56H60N4O11. The Bertz CT molecular complexity index is 2750. The van der Waals surface area contributed by atoms with Crippen molar-refractivity contribution in [1.82, 2.24) is 4.90 Å². The second kappa shape index (κ2) is 23.8. The van der Waals surface area contributed by atoms with Gasteiger partial charge >= 0.3 is 0 Å². The Hall–Kier alpha value is -6.93. The van der Waals surface area contributed by atoms with E-state index in [0.717, 1.165) is 47.6 Å². The number of unbranched alkanes of at least 4 members (excludes halogenated alkanes) is 2. The summed E-state index contributed by atoms with van der Waals surface area (Å²) in [6.07, 6.45) is 8.12. The minimum atomic E-state index is -1.58. The van der Waals surface area contributed by atoms with E-state index in [4.69, 9.17) is 28.9 Å². The molecule has 1 saturated carbocycles. The van der Waals surface area contributed by atoms with Crippen molar-refractivity contribution in [2.24, 2.45) is 22.9 Å². The molecule has 1 fully saturated rings. The van der Waals surface area contributed by atoms with E-state index in [-0.39, 0.29) is 88.6 Å². The number of fused-ring (bicyclic) bond motifs is 3. The Morgan fingerprint density at radius 1 is 0.901 bits per heavy atom. The third-order valence-corrected chi connectivity index (χ3v) is 13.8. The number of carbonyl (C=O) groups excluding carboxylic acids is 1. The van der Waals surface area contributed by atoms with Crippen molar-refractivity contribution < 1.29 is 48.8 Å². The predicted molar refractivity (Wildman–Crippen MR) is 267 cm³/mol. The van der Waals surface area contributed by atoms with E-state index in [1.165, 1.54) is 12.1 Å². The van der Waals surface area contributed by atoms with Gasteiger partial charge in [0.25, 0.3) is 11.6 Å². The molecule has 1 heterocycles. The van der Waals surface area contributed by atoms with Crippen molar-refractivity contribution in [2.75, 3.05) is 46.2 Å². The second-order valence-electron chi connectivity index (χ2n) is 18.1. The van der Waals surface area contributed by atoms with Gasteiger partial charge in [0.1, 0.15) is 29.9 Å². The number of amides is 1. The van der Waals surface area contributed by atoms with Crippen LogP contribution in [0.1, 0.15) is 77.9 Å². The molecular weight excluding hydrogens is 905 g/mol. The lowest BCUT2D eigenvalue weighted by Gasteiger charge is -2.60. The van der Waals surface area contributed by atoms with Gasteiger partial charge in [0.15, 0.2) is 0 Å². The van der Waals surface area contributed by atoms with E-state index in [9.17, 15) is 30.7 Å². The zero-order valence-corrected chi connectivity index (χ0v) is 39.6. The number of aliphatic hydroxyl groups excluding tert-OH is 3. The topological polar surface area (TPSA) is 206 Å². The number of ether oxygens (including phenoxy) is 4. The molecule has 8 rings (SSSR count). The van der Waals surface area contributed by atoms with Gasteiger partial charge in [-0.2, -0.15) is 5.26 Å². The number of non-ortho nitro benzene ring substituents is 1. The molecule has 15 nitrogen and oxygen atoms in total. The van der Waals surface area contributed by atoms with Gasteiger partial charge in [-0.3, -0.25) is 14.9 Å². The van der Waals surface area contributed by atoms with E-state index in [1.54, 1.807) is 47.4 Å². The highest BCUT2D eigenvalue weighted by molar-refractivity contribution is 6.03. The number of hydrogen-bond acceptors (Lipinski definition) is 13. The lowest BCUT2D eigenvalue weighted by atomic mass is 9.55. The number of nitro groups is 1. The number of allylic oxidation sites excluding steroid dienone is 1. The lowest BCUT2D eigenvalue weighted by molar-refractivity contribution is -0.384. The van der Waals surface area contributed by atoms with Crippen LogP contribution in [0.3, 0.4) is 0 Å². The highest BCUT2D eigenvalue weighted by Gasteiger charge is 2.65. The predicted octanol–water partition coefficient (Wildman–Crippen LogP) is 9.40. The van der Waals surface area contributed by atoms with Gasteiger partial charge in [-0.25, -0.2) is 0 Å². The van der Waals surface area contributed by atoms with Gasteiger partial charge in [-0.05, 0) is 126 Å². The van der Waals surface area contributed by atoms with Crippen molar-refractivity contribution in [3.63, 3.8) is 0 Å². The van der Waals surface area contributed by atoms with Crippen LogP contribution >= 0.6 is 0 Å². The summed E-state index contributed by atoms with van der Waals surface area (Å²) >= 11 is 0. The number of nitrogens with zero attached hydrogens (tertiary/aromatic N) is 4. The van der Waals surface area contributed by atoms with Crippen LogP contribution in [0.25, 0.3) is 10.8 Å². The number of nitro benzene ring substituents is 1. The fourth-order valence-electron chi connectivity index (χ4n) is 10.6. The first-order chi connectivity index (χ1) is 34.7. The third-order valence-electron chi connectivity index (χ3n) is 13.8. The summed E-state index contributed by atoms with van der Waals surface area (Å²) in [7, 11) is 0. The van der Waals surface area contributed by atoms with Crippen molar-refractivity contribution in [2.45, 2.75) is 69.3 Å². The number of benzene rings is 5. The van der Waals surface area contributed by atoms with Crippen LogP contribution in [0.5, 0.6) is 17.2 Å². The molecule has 15 heteroatoms. The largest absolute Gasteiger partial charge is 0.459 e. The Morgan fingerprint density at radius 3 is 2.35 bits per heavy atom. The summed E-state index contributed by atoms with van der Waals surface area (Å²) in [5.74, 6) is -1.24. The van der Waals surface area contributed by atoms with Crippen LogP contribution in [0, 0.1) is 39.2 Å². The number of aliphatic hydroxyl groups is 3. The Kier molecular flexibility index (Phi) is 16.9. The van der Waals surface area contributed by atoms with Crippen LogP contribution in [0.2, 0.25) is 0 Å². The van der Waals surface area contributed by atoms with Crippen molar-refractivity contribution in [1.29, 1.82) is 5.26 Å². The van der Waals surface area contributed by atoms with Crippen molar-refractivity contribution >= 4 is 28.1 Å². The van der Waals surface area contributed by atoms with Gasteiger partial charge in [0.05, 0.1) is 54.6 Å². The molecule has 0 spiro atoms. The van der Waals surface area contributed by atoms with Gasteiger partial charge in [-0.15, -0.1) is 6.58 Å². The molecule has 0 aromatic heterocycles. The van der Waals surface area contributed by atoms with Crippen LogP contribution in [-0.4, -0.2) is 94.8 Å². The molecule has 0 bridgehead atoms. The lowest BCUT2D eigenvalue weighted by Crippen LogP contribution is -2.70.